The molecule has 22 heavy (non-hydrogen) atoms. The van der Waals surface area contributed by atoms with Gasteiger partial charge in [0.2, 0.25) is 0 Å². The maximum Gasteiger partial charge on any atom is 0.265 e. The number of hydrogen-bond donors (Lipinski definition) is 1. The van der Waals surface area contributed by atoms with Crippen molar-refractivity contribution in [2.24, 2.45) is 0 Å². The summed E-state index contributed by atoms with van der Waals surface area (Å²) in [6.45, 7) is 0. The Hall–Kier alpha value is -0.860. The maximum absolute atomic E-state index is 12.4. The molecular weight excluding hydrogens is 431 g/mol. The van der Waals surface area contributed by atoms with Crippen LogP contribution in [0.1, 0.15) is 0 Å². The molecule has 1 aromatic heterocycles. The van der Waals surface area contributed by atoms with Crippen molar-refractivity contribution in [3.05, 3.63) is 50.9 Å². The standard InChI is InChI=1S/C13H7BrCl2N2O2S2/c14-7-1-4-10-11(5-7)21-13(17-10)18-22(19,20)12-6-8(15)2-3-9(12)16/h1-6H,(H,17,18). The van der Waals surface area contributed by atoms with Crippen LogP contribution in [0.15, 0.2) is 45.8 Å². The van der Waals surface area contributed by atoms with Gasteiger partial charge < -0.3 is 0 Å². The summed E-state index contributed by atoms with van der Waals surface area (Å²) < 4.78 is 29.0. The second-order valence-corrected chi connectivity index (χ2v) is 8.75. The van der Waals surface area contributed by atoms with E-state index >= 15 is 0 Å². The van der Waals surface area contributed by atoms with Gasteiger partial charge in [-0.3, -0.25) is 4.72 Å². The van der Waals surface area contributed by atoms with Crippen LogP contribution in [0.2, 0.25) is 10.0 Å². The minimum Gasteiger partial charge on any atom is -0.255 e. The molecule has 0 amide bonds. The van der Waals surface area contributed by atoms with Crippen LogP contribution in [-0.2, 0) is 10.0 Å². The number of nitrogens with zero attached hydrogens (tertiary/aromatic N) is 1. The molecule has 0 bridgehead atoms. The Kier molecular flexibility index (Phi) is 4.35. The quantitative estimate of drug-likeness (QED) is 0.615. The molecule has 4 nitrogen and oxygen atoms in total. The number of benzene rings is 2. The lowest BCUT2D eigenvalue weighted by Crippen LogP contribution is -2.13. The fraction of sp³-hybridized carbons (Fsp3) is 0. The molecule has 114 valence electrons. The molecule has 0 aliphatic carbocycles. The zero-order valence-electron chi connectivity index (χ0n) is 10.7. The molecule has 0 atom stereocenters. The molecule has 1 heterocycles. The van der Waals surface area contributed by atoms with Gasteiger partial charge in [-0.05, 0) is 36.4 Å². The maximum atomic E-state index is 12.4. The Bertz CT molecular complexity index is 973. The third-order valence-electron chi connectivity index (χ3n) is 2.75. The fourth-order valence-corrected chi connectivity index (χ4v) is 5.21. The summed E-state index contributed by atoms with van der Waals surface area (Å²) in [6.07, 6.45) is 0. The highest BCUT2D eigenvalue weighted by atomic mass is 79.9. The van der Waals surface area contributed by atoms with Crippen molar-refractivity contribution in [3.8, 4) is 0 Å². The highest BCUT2D eigenvalue weighted by molar-refractivity contribution is 9.10. The number of hydrogen-bond acceptors (Lipinski definition) is 4. The fourth-order valence-electron chi connectivity index (χ4n) is 1.80. The van der Waals surface area contributed by atoms with E-state index in [9.17, 15) is 8.42 Å². The number of halogens is 3. The van der Waals surface area contributed by atoms with Gasteiger partial charge in [-0.25, -0.2) is 13.4 Å². The van der Waals surface area contributed by atoms with Gasteiger partial charge >= 0.3 is 0 Å². The summed E-state index contributed by atoms with van der Waals surface area (Å²) in [5.41, 5.74) is 0.711. The Morgan fingerprint density at radius 1 is 1.14 bits per heavy atom. The predicted molar refractivity (Wildman–Crippen MR) is 94.6 cm³/mol. The Morgan fingerprint density at radius 3 is 2.68 bits per heavy atom. The monoisotopic (exact) mass is 436 g/mol. The topological polar surface area (TPSA) is 59.1 Å². The largest absolute Gasteiger partial charge is 0.265 e. The van der Waals surface area contributed by atoms with E-state index in [1.807, 2.05) is 12.1 Å². The lowest BCUT2D eigenvalue weighted by atomic mass is 10.3. The average molecular weight is 438 g/mol. The van der Waals surface area contributed by atoms with Gasteiger partial charge in [-0.1, -0.05) is 50.5 Å². The molecule has 0 aliphatic heterocycles. The van der Waals surface area contributed by atoms with Crippen molar-refractivity contribution in [2.45, 2.75) is 4.90 Å². The van der Waals surface area contributed by atoms with Gasteiger partial charge in [0.15, 0.2) is 5.13 Å². The van der Waals surface area contributed by atoms with Crippen molar-refractivity contribution < 1.29 is 8.42 Å². The van der Waals surface area contributed by atoms with Crippen molar-refractivity contribution in [2.75, 3.05) is 4.72 Å². The number of rotatable bonds is 3. The SMILES string of the molecule is O=S(=O)(Nc1nc2ccc(Br)cc2s1)c1cc(Cl)ccc1Cl. The average Bonchev–Trinajstić information content (AvgIpc) is 2.81. The molecule has 0 fully saturated rings. The lowest BCUT2D eigenvalue weighted by molar-refractivity contribution is 0.601. The van der Waals surface area contributed by atoms with Crippen LogP contribution in [-0.4, -0.2) is 13.4 Å². The number of thiazole rings is 1. The molecule has 3 rings (SSSR count). The number of sulfonamides is 1. The first-order valence-corrected chi connectivity index (χ1v) is 9.74. The van der Waals surface area contributed by atoms with Crippen molar-refractivity contribution in [1.82, 2.24) is 4.98 Å². The van der Waals surface area contributed by atoms with E-state index in [-0.39, 0.29) is 20.1 Å². The Labute approximate surface area is 149 Å². The Balaban J connectivity index is 2.00. The third kappa shape index (κ3) is 3.23. The smallest absolute Gasteiger partial charge is 0.255 e. The second kappa shape index (κ2) is 5.98. The van der Waals surface area contributed by atoms with Gasteiger partial charge in [-0.2, -0.15) is 0 Å². The normalized spacial score (nSPS) is 11.8. The summed E-state index contributed by atoms with van der Waals surface area (Å²) >= 11 is 16.4. The molecule has 2 aromatic carbocycles. The van der Waals surface area contributed by atoms with E-state index < -0.39 is 10.0 Å². The van der Waals surface area contributed by atoms with Gasteiger partial charge in [0.25, 0.3) is 10.0 Å². The van der Waals surface area contributed by atoms with E-state index in [1.165, 1.54) is 29.5 Å². The zero-order chi connectivity index (χ0) is 15.9. The van der Waals surface area contributed by atoms with Crippen LogP contribution in [0.3, 0.4) is 0 Å². The van der Waals surface area contributed by atoms with Crippen LogP contribution in [0, 0.1) is 0 Å². The predicted octanol–water partition coefficient (Wildman–Crippen LogP) is 5.17. The van der Waals surface area contributed by atoms with Gasteiger partial charge in [0.1, 0.15) is 4.90 Å². The molecule has 0 unspecified atom stereocenters. The van der Waals surface area contributed by atoms with E-state index in [1.54, 1.807) is 6.07 Å². The molecule has 0 saturated heterocycles. The van der Waals surface area contributed by atoms with Crippen LogP contribution in [0.5, 0.6) is 0 Å². The van der Waals surface area contributed by atoms with Crippen molar-refractivity contribution in [3.63, 3.8) is 0 Å². The summed E-state index contributed by atoms with van der Waals surface area (Å²) in [4.78, 5) is 4.17. The number of aromatic nitrogens is 1. The summed E-state index contributed by atoms with van der Waals surface area (Å²) in [6, 6.07) is 9.79. The molecule has 9 heteroatoms. The number of fused-ring (bicyclic) bond motifs is 1. The van der Waals surface area contributed by atoms with Crippen molar-refractivity contribution >= 4 is 75.8 Å². The van der Waals surface area contributed by atoms with E-state index in [0.29, 0.717) is 5.52 Å². The van der Waals surface area contributed by atoms with Crippen molar-refractivity contribution in [1.29, 1.82) is 0 Å². The van der Waals surface area contributed by atoms with E-state index in [2.05, 4.69) is 25.6 Å². The molecule has 3 aromatic rings. The first-order chi connectivity index (χ1) is 10.3. The summed E-state index contributed by atoms with van der Waals surface area (Å²) in [5.74, 6) is 0. The highest BCUT2D eigenvalue weighted by Gasteiger charge is 2.20. The molecule has 1 N–H and O–H groups in total. The van der Waals surface area contributed by atoms with Crippen LogP contribution < -0.4 is 4.72 Å². The number of nitrogens with one attached hydrogen (secondary N) is 1. The van der Waals surface area contributed by atoms with Gasteiger partial charge in [0, 0.05) is 9.50 Å². The first-order valence-electron chi connectivity index (χ1n) is 5.89. The molecule has 0 saturated carbocycles. The zero-order valence-corrected chi connectivity index (χ0v) is 15.4. The van der Waals surface area contributed by atoms with Crippen LogP contribution >= 0.6 is 50.5 Å². The third-order valence-corrected chi connectivity index (χ3v) is 6.37. The minimum atomic E-state index is -3.85. The molecule has 0 radical (unpaired) electrons. The second-order valence-electron chi connectivity index (χ2n) is 4.31. The lowest BCUT2D eigenvalue weighted by Gasteiger charge is -2.07. The Morgan fingerprint density at radius 2 is 1.91 bits per heavy atom. The van der Waals surface area contributed by atoms with Gasteiger partial charge in [-0.15, -0.1) is 0 Å². The van der Waals surface area contributed by atoms with Gasteiger partial charge in [0.05, 0.1) is 15.2 Å². The molecular formula is C13H7BrCl2N2O2S2. The molecule has 0 spiro atoms. The van der Waals surface area contributed by atoms with E-state index in [4.69, 9.17) is 23.2 Å². The summed E-state index contributed by atoms with van der Waals surface area (Å²) in [5, 5.41) is 0.655. The van der Waals surface area contributed by atoms with E-state index in [0.717, 1.165) is 9.17 Å². The van der Waals surface area contributed by atoms with Crippen LogP contribution in [0.25, 0.3) is 10.2 Å². The minimum absolute atomic E-state index is 0.0814. The summed E-state index contributed by atoms with van der Waals surface area (Å²) in [7, 11) is -3.85. The first kappa shape index (κ1) is 16.0. The number of anilines is 1. The highest BCUT2D eigenvalue weighted by Crippen LogP contribution is 2.31. The molecule has 0 aliphatic rings. The van der Waals surface area contributed by atoms with Crippen LogP contribution in [0.4, 0.5) is 5.13 Å².